The lowest BCUT2D eigenvalue weighted by Crippen LogP contribution is -2.25. The van der Waals surface area contributed by atoms with Crippen LogP contribution in [0.5, 0.6) is 0 Å². The van der Waals surface area contributed by atoms with E-state index in [2.05, 4.69) is 20.7 Å². The number of carbonyl (C=O) groups excluding carboxylic acids is 1. The van der Waals surface area contributed by atoms with Gasteiger partial charge in [0.15, 0.2) is 0 Å². The van der Waals surface area contributed by atoms with Crippen LogP contribution in [0, 0.1) is 0 Å². The summed E-state index contributed by atoms with van der Waals surface area (Å²) in [5, 5.41) is 0.0696. The summed E-state index contributed by atoms with van der Waals surface area (Å²) in [6.07, 6.45) is -1.29. The molecule has 0 N–H and O–H groups in total. The lowest BCUT2D eigenvalue weighted by molar-refractivity contribution is -0.143. The molecule has 1 atom stereocenters. The third-order valence-electron chi connectivity index (χ3n) is 0.794. The van der Waals surface area contributed by atoms with Crippen LogP contribution in [-0.4, -0.2) is 27.9 Å². The molecular formula is C5H5BrCl3FO2. The van der Waals surface area contributed by atoms with Crippen LogP contribution < -0.4 is 0 Å². The molecule has 0 aliphatic carbocycles. The van der Waals surface area contributed by atoms with Crippen LogP contribution in [0.25, 0.3) is 0 Å². The van der Waals surface area contributed by atoms with Crippen molar-refractivity contribution in [3.8, 4) is 0 Å². The van der Waals surface area contributed by atoms with Crippen LogP contribution in [0.15, 0.2) is 0 Å². The minimum absolute atomic E-state index is 0.0696. The van der Waals surface area contributed by atoms with Crippen molar-refractivity contribution < 1.29 is 13.9 Å². The summed E-state index contributed by atoms with van der Waals surface area (Å²) in [6.45, 7) is -0.419. The quantitative estimate of drug-likeness (QED) is 0.592. The Morgan fingerprint density at radius 3 is 2.42 bits per heavy atom. The Bertz CT molecular complexity index is 161. The Hall–Kier alpha value is 0.750. The zero-order valence-electron chi connectivity index (χ0n) is 5.70. The molecule has 12 heavy (non-hydrogen) atoms. The van der Waals surface area contributed by atoms with Crippen molar-refractivity contribution in [2.24, 2.45) is 0 Å². The molecule has 1 unspecified atom stereocenters. The fourth-order valence-corrected chi connectivity index (χ4v) is 0.643. The molecule has 72 valence electrons. The van der Waals surface area contributed by atoms with E-state index in [-0.39, 0.29) is 5.33 Å². The highest BCUT2D eigenvalue weighted by molar-refractivity contribution is 9.09. The highest BCUT2D eigenvalue weighted by Gasteiger charge is 2.33. The molecule has 0 aromatic rings. The normalized spacial score (nSPS) is 14.1. The molecule has 0 aromatic heterocycles. The first-order valence-corrected chi connectivity index (χ1v) is 5.07. The number of esters is 1. The third-order valence-corrected chi connectivity index (χ3v) is 1.96. The molecule has 0 radical (unpaired) electrons. The van der Waals surface area contributed by atoms with Crippen LogP contribution in [0.2, 0.25) is 0 Å². The van der Waals surface area contributed by atoms with Crippen LogP contribution in [-0.2, 0) is 9.53 Å². The molecule has 0 saturated heterocycles. The summed E-state index contributed by atoms with van der Waals surface area (Å²) in [5.74, 6) is -1.07. The second-order valence-corrected chi connectivity index (χ2v) is 4.78. The number of carbonyl (C=O) groups is 1. The van der Waals surface area contributed by atoms with Gasteiger partial charge in [0.25, 0.3) is 3.79 Å². The van der Waals surface area contributed by atoms with Crippen molar-refractivity contribution in [2.75, 3.05) is 11.9 Å². The number of hydrogen-bond donors (Lipinski definition) is 0. The molecule has 0 heterocycles. The Labute approximate surface area is 92.4 Å². The molecule has 2 nitrogen and oxygen atoms in total. The Morgan fingerprint density at radius 2 is 2.08 bits per heavy atom. The van der Waals surface area contributed by atoms with Crippen LogP contribution in [0.3, 0.4) is 0 Å². The number of rotatable bonds is 3. The molecule has 0 aliphatic heterocycles. The summed E-state index contributed by atoms with van der Waals surface area (Å²) < 4.78 is 14.6. The fraction of sp³-hybridized carbons (Fsp3) is 0.800. The molecule has 0 bridgehead atoms. The van der Waals surface area contributed by atoms with Crippen molar-refractivity contribution in [3.05, 3.63) is 0 Å². The lowest BCUT2D eigenvalue weighted by Gasteiger charge is -2.11. The SMILES string of the molecule is O=C(OCC(F)CBr)C(Cl)(Cl)Cl. The van der Waals surface area contributed by atoms with Crippen molar-refractivity contribution >= 4 is 56.7 Å². The fourth-order valence-electron chi connectivity index (χ4n) is 0.292. The Morgan fingerprint density at radius 1 is 1.58 bits per heavy atom. The predicted octanol–water partition coefficient (Wildman–Crippen LogP) is 2.63. The lowest BCUT2D eigenvalue weighted by atomic mass is 10.5. The highest BCUT2D eigenvalue weighted by atomic mass is 79.9. The first-order valence-electron chi connectivity index (χ1n) is 2.82. The van der Waals surface area contributed by atoms with Crippen molar-refractivity contribution in [3.63, 3.8) is 0 Å². The van der Waals surface area contributed by atoms with Gasteiger partial charge in [-0.1, -0.05) is 50.7 Å². The summed E-state index contributed by atoms with van der Waals surface area (Å²) in [5.41, 5.74) is 0. The van der Waals surface area contributed by atoms with Gasteiger partial charge in [-0.2, -0.15) is 0 Å². The molecule has 7 heteroatoms. The van der Waals surface area contributed by atoms with Gasteiger partial charge in [0.2, 0.25) is 0 Å². The summed E-state index contributed by atoms with van der Waals surface area (Å²) >= 11 is 18.2. The first-order chi connectivity index (χ1) is 5.38. The van der Waals surface area contributed by atoms with E-state index in [1.165, 1.54) is 0 Å². The maximum atomic E-state index is 12.4. The maximum absolute atomic E-state index is 12.4. The van der Waals surface area contributed by atoms with Crippen molar-refractivity contribution in [1.82, 2.24) is 0 Å². The molecule has 0 saturated carbocycles. The second kappa shape index (κ2) is 5.47. The Balaban J connectivity index is 3.73. The number of halogens is 5. The van der Waals surface area contributed by atoms with Gasteiger partial charge in [-0.3, -0.25) is 0 Å². The van der Waals surface area contributed by atoms with E-state index in [0.29, 0.717) is 0 Å². The van der Waals surface area contributed by atoms with Crippen LogP contribution in [0.1, 0.15) is 0 Å². The average molecular weight is 302 g/mol. The zero-order chi connectivity index (χ0) is 9.78. The third kappa shape index (κ3) is 5.41. The molecule has 0 fully saturated rings. The van der Waals surface area contributed by atoms with Gasteiger partial charge in [-0.05, 0) is 0 Å². The standard InChI is InChI=1S/C5H5BrCl3FO2/c6-1-3(10)2-12-4(11)5(7,8)9/h3H,1-2H2. The van der Waals surface area contributed by atoms with E-state index in [4.69, 9.17) is 34.8 Å². The number of hydrogen-bond acceptors (Lipinski definition) is 2. The van der Waals surface area contributed by atoms with Gasteiger partial charge in [0.1, 0.15) is 12.8 Å². The topological polar surface area (TPSA) is 26.3 Å². The first kappa shape index (κ1) is 12.8. The smallest absolute Gasteiger partial charge is 0.358 e. The molecule has 0 spiro atoms. The minimum Gasteiger partial charge on any atom is -0.459 e. The molecule has 0 rings (SSSR count). The van der Waals surface area contributed by atoms with E-state index < -0.39 is 22.5 Å². The van der Waals surface area contributed by atoms with Crippen LogP contribution >= 0.6 is 50.7 Å². The monoisotopic (exact) mass is 300 g/mol. The summed E-state index contributed by atoms with van der Waals surface area (Å²) in [6, 6.07) is 0. The zero-order valence-corrected chi connectivity index (χ0v) is 9.55. The Kier molecular flexibility index (Phi) is 5.82. The minimum atomic E-state index is -2.13. The van der Waals surface area contributed by atoms with Gasteiger partial charge in [0.05, 0.1) is 0 Å². The van der Waals surface area contributed by atoms with Gasteiger partial charge >= 0.3 is 5.97 Å². The van der Waals surface area contributed by atoms with Gasteiger partial charge in [-0.25, -0.2) is 9.18 Å². The van der Waals surface area contributed by atoms with E-state index in [1.807, 2.05) is 0 Å². The van der Waals surface area contributed by atoms with Crippen LogP contribution in [0.4, 0.5) is 4.39 Å². The summed E-state index contributed by atoms with van der Waals surface area (Å²) in [7, 11) is 0. The largest absolute Gasteiger partial charge is 0.459 e. The average Bonchev–Trinajstić information content (AvgIpc) is 1.97. The van der Waals surface area contributed by atoms with E-state index >= 15 is 0 Å². The van der Waals surface area contributed by atoms with Gasteiger partial charge < -0.3 is 4.74 Å². The van der Waals surface area contributed by atoms with E-state index in [1.54, 1.807) is 0 Å². The second-order valence-electron chi connectivity index (χ2n) is 1.85. The van der Waals surface area contributed by atoms with Gasteiger partial charge in [0, 0.05) is 5.33 Å². The number of ether oxygens (including phenoxy) is 1. The van der Waals surface area contributed by atoms with Crippen molar-refractivity contribution in [1.29, 1.82) is 0 Å². The van der Waals surface area contributed by atoms with Gasteiger partial charge in [-0.15, -0.1) is 0 Å². The maximum Gasteiger partial charge on any atom is 0.358 e. The number of alkyl halides is 5. The van der Waals surface area contributed by atoms with E-state index in [9.17, 15) is 9.18 Å². The summed E-state index contributed by atoms with van der Waals surface area (Å²) in [4.78, 5) is 10.7. The van der Waals surface area contributed by atoms with Crippen molar-refractivity contribution in [2.45, 2.75) is 9.96 Å². The van der Waals surface area contributed by atoms with E-state index in [0.717, 1.165) is 0 Å². The molecular weight excluding hydrogens is 297 g/mol. The predicted molar refractivity (Wildman–Crippen MR) is 49.9 cm³/mol. The molecule has 0 amide bonds. The highest BCUT2D eigenvalue weighted by Crippen LogP contribution is 2.27. The molecule has 0 aliphatic rings. The molecule has 0 aromatic carbocycles.